The molecule has 3 aromatic rings. The van der Waals surface area contributed by atoms with E-state index >= 15 is 0 Å². The van der Waals surface area contributed by atoms with Gasteiger partial charge in [-0.2, -0.15) is 0 Å². The molecule has 0 aliphatic carbocycles. The molecular weight excluding hydrogens is 544 g/mol. The van der Waals surface area contributed by atoms with E-state index in [2.05, 4.69) is 15.9 Å². The Balaban J connectivity index is 1.76. The lowest BCUT2D eigenvalue weighted by molar-refractivity contribution is -0.142. The second-order valence-corrected chi connectivity index (χ2v) is 10.6. The summed E-state index contributed by atoms with van der Waals surface area (Å²) in [5.41, 5.74) is 1.92. The Morgan fingerprint density at radius 1 is 0.914 bits per heavy atom. The van der Waals surface area contributed by atoms with E-state index in [9.17, 15) is 26.8 Å². The molecule has 0 bridgehead atoms. The number of esters is 1. The molecule has 35 heavy (non-hydrogen) atoms. The average molecular weight is 566 g/mol. The molecule has 0 aliphatic heterocycles. The van der Waals surface area contributed by atoms with Gasteiger partial charge in [-0.25, -0.2) is 17.2 Å². The molecule has 3 rings (SSSR count). The fourth-order valence-corrected chi connectivity index (χ4v) is 5.09. The molecule has 184 valence electrons. The summed E-state index contributed by atoms with van der Waals surface area (Å²) in [6, 6.07) is 14.0. The molecule has 0 saturated carbocycles. The van der Waals surface area contributed by atoms with Crippen LogP contribution in [0.25, 0.3) is 0 Å². The highest BCUT2D eigenvalue weighted by Gasteiger charge is 2.26. The lowest BCUT2D eigenvalue weighted by Gasteiger charge is -2.25. The van der Waals surface area contributed by atoms with Crippen LogP contribution in [0, 0.1) is 25.5 Å². The van der Waals surface area contributed by atoms with E-state index in [-0.39, 0.29) is 23.4 Å². The number of hydrogen-bond acceptors (Lipinski definition) is 5. The molecule has 0 saturated heterocycles. The van der Waals surface area contributed by atoms with Gasteiger partial charge in [-0.3, -0.25) is 13.9 Å². The van der Waals surface area contributed by atoms with Crippen molar-refractivity contribution in [2.75, 3.05) is 17.5 Å². The zero-order chi connectivity index (χ0) is 25.8. The predicted molar refractivity (Wildman–Crippen MR) is 131 cm³/mol. The van der Waals surface area contributed by atoms with Gasteiger partial charge in [0.2, 0.25) is 0 Å². The van der Waals surface area contributed by atoms with Crippen LogP contribution < -0.4 is 4.31 Å². The Morgan fingerprint density at radius 2 is 1.54 bits per heavy atom. The zero-order valence-electron chi connectivity index (χ0n) is 18.9. The maximum absolute atomic E-state index is 13.4. The fourth-order valence-electron chi connectivity index (χ4n) is 3.38. The average Bonchev–Trinajstić information content (AvgIpc) is 2.79. The van der Waals surface area contributed by atoms with E-state index in [0.717, 1.165) is 33.6 Å². The predicted octanol–water partition coefficient (Wildman–Crippen LogP) is 5.36. The molecule has 0 fully saturated rings. The van der Waals surface area contributed by atoms with Crippen LogP contribution in [0.2, 0.25) is 0 Å². The van der Waals surface area contributed by atoms with Gasteiger partial charge in [0, 0.05) is 16.6 Å². The van der Waals surface area contributed by atoms with Crippen molar-refractivity contribution in [1.82, 2.24) is 0 Å². The topological polar surface area (TPSA) is 80.8 Å². The number of ether oxygens (including phenoxy) is 1. The van der Waals surface area contributed by atoms with Crippen LogP contribution >= 0.6 is 15.9 Å². The number of Topliss-reactive ketones (excluding diaryl/α,β-unsaturated/α-hetero) is 1. The number of ketones is 1. The van der Waals surface area contributed by atoms with E-state index in [4.69, 9.17) is 4.74 Å². The highest BCUT2D eigenvalue weighted by Crippen LogP contribution is 2.27. The van der Waals surface area contributed by atoms with Crippen molar-refractivity contribution in [3.05, 3.63) is 93.5 Å². The number of benzene rings is 3. The number of aryl methyl sites for hydroxylation is 2. The second-order valence-electron chi connectivity index (χ2n) is 7.84. The van der Waals surface area contributed by atoms with Gasteiger partial charge in [0.15, 0.2) is 24.0 Å². The Bertz CT molecular complexity index is 1340. The van der Waals surface area contributed by atoms with Gasteiger partial charge in [-0.1, -0.05) is 22.0 Å². The summed E-state index contributed by atoms with van der Waals surface area (Å²) < 4.78 is 60.0. The zero-order valence-corrected chi connectivity index (χ0v) is 21.3. The van der Waals surface area contributed by atoms with Crippen molar-refractivity contribution >= 4 is 43.4 Å². The van der Waals surface area contributed by atoms with Crippen molar-refractivity contribution in [2.24, 2.45) is 0 Å². The summed E-state index contributed by atoms with van der Waals surface area (Å²) in [6.07, 6.45) is -0.339. The summed E-state index contributed by atoms with van der Waals surface area (Å²) >= 11 is 3.28. The Morgan fingerprint density at radius 3 is 2.14 bits per heavy atom. The van der Waals surface area contributed by atoms with Crippen LogP contribution in [0.4, 0.5) is 14.5 Å². The highest BCUT2D eigenvalue weighted by molar-refractivity contribution is 9.10. The molecule has 10 heteroatoms. The van der Waals surface area contributed by atoms with Gasteiger partial charge in [0.1, 0.15) is 0 Å². The minimum absolute atomic E-state index is 0.0433. The largest absolute Gasteiger partial charge is 0.457 e. The molecule has 0 aliphatic rings. The van der Waals surface area contributed by atoms with Crippen LogP contribution in [0.3, 0.4) is 0 Å². The quantitative estimate of drug-likeness (QED) is 0.258. The number of nitrogens with zero attached hydrogens (tertiary/aromatic N) is 1. The van der Waals surface area contributed by atoms with Gasteiger partial charge < -0.3 is 4.74 Å². The number of rotatable bonds is 9. The van der Waals surface area contributed by atoms with Crippen molar-refractivity contribution < 1.29 is 31.5 Å². The Labute approximate surface area is 210 Å². The molecule has 0 aromatic heterocycles. The number of sulfonamides is 1. The van der Waals surface area contributed by atoms with Gasteiger partial charge in [-0.15, -0.1) is 0 Å². The van der Waals surface area contributed by atoms with E-state index in [1.54, 1.807) is 24.3 Å². The molecule has 0 N–H and O–H groups in total. The van der Waals surface area contributed by atoms with E-state index in [1.165, 1.54) is 12.1 Å². The van der Waals surface area contributed by atoms with Crippen molar-refractivity contribution in [3.8, 4) is 0 Å². The van der Waals surface area contributed by atoms with E-state index < -0.39 is 40.0 Å². The summed E-state index contributed by atoms with van der Waals surface area (Å²) in [7, 11) is -4.02. The van der Waals surface area contributed by atoms with Gasteiger partial charge in [0.05, 0.1) is 17.0 Å². The van der Waals surface area contributed by atoms with Crippen molar-refractivity contribution in [3.63, 3.8) is 0 Å². The fraction of sp³-hybridized carbons (Fsp3) is 0.200. The summed E-state index contributed by atoms with van der Waals surface area (Å²) in [5.74, 6) is -3.83. The molecule has 0 spiro atoms. The number of halogens is 3. The van der Waals surface area contributed by atoms with Crippen LogP contribution in [-0.2, 0) is 19.6 Å². The van der Waals surface area contributed by atoms with Crippen LogP contribution in [-0.4, -0.2) is 33.3 Å². The van der Waals surface area contributed by atoms with Gasteiger partial charge >= 0.3 is 5.97 Å². The Kier molecular flexibility index (Phi) is 8.39. The highest BCUT2D eigenvalue weighted by atomic mass is 79.9. The van der Waals surface area contributed by atoms with Gasteiger partial charge in [0.25, 0.3) is 10.0 Å². The maximum Gasteiger partial charge on any atom is 0.308 e. The molecule has 3 aromatic carbocycles. The number of hydrogen-bond donors (Lipinski definition) is 0. The first-order valence-electron chi connectivity index (χ1n) is 10.5. The molecule has 0 heterocycles. The molecule has 0 amide bonds. The number of carbonyl (C=O) groups excluding carboxylic acids is 2. The van der Waals surface area contributed by atoms with Gasteiger partial charge in [-0.05, 0) is 79.6 Å². The first kappa shape index (κ1) is 26.5. The SMILES string of the molecule is Cc1cc(C)cc(N(CCC(=O)OCC(=O)c2ccc(F)c(F)c2)S(=O)(=O)c2ccc(Br)cc2)c1. The Hall–Kier alpha value is -3.11. The summed E-state index contributed by atoms with van der Waals surface area (Å²) in [4.78, 5) is 24.5. The van der Waals surface area contributed by atoms with Crippen molar-refractivity contribution in [2.45, 2.75) is 25.2 Å². The summed E-state index contributed by atoms with van der Waals surface area (Å²) in [6.45, 7) is 2.74. The second kappa shape index (κ2) is 11.1. The lowest BCUT2D eigenvalue weighted by Crippen LogP contribution is -2.33. The molecular formula is C25H22BrF2NO5S. The third kappa shape index (κ3) is 6.73. The molecule has 0 radical (unpaired) electrons. The monoisotopic (exact) mass is 565 g/mol. The normalized spacial score (nSPS) is 11.2. The van der Waals surface area contributed by atoms with E-state index in [1.807, 2.05) is 19.9 Å². The van der Waals surface area contributed by atoms with Crippen LogP contribution in [0.5, 0.6) is 0 Å². The first-order valence-corrected chi connectivity index (χ1v) is 12.7. The minimum Gasteiger partial charge on any atom is -0.457 e. The summed E-state index contributed by atoms with van der Waals surface area (Å²) in [5, 5.41) is 0. The smallest absolute Gasteiger partial charge is 0.308 e. The third-order valence-corrected chi connectivity index (χ3v) is 7.39. The molecule has 0 atom stereocenters. The number of carbonyl (C=O) groups is 2. The van der Waals surface area contributed by atoms with Crippen LogP contribution in [0.15, 0.2) is 70.0 Å². The molecule has 6 nitrogen and oxygen atoms in total. The lowest BCUT2D eigenvalue weighted by atomic mass is 10.1. The first-order chi connectivity index (χ1) is 16.5. The standard InChI is InChI=1S/C25H22BrF2NO5S/c1-16-11-17(2)13-20(12-16)29(35(32,33)21-6-4-19(26)5-7-21)10-9-25(31)34-15-24(30)18-3-8-22(27)23(28)14-18/h3-8,11-14H,9-10,15H2,1-2H3. The van der Waals surface area contributed by atoms with Crippen LogP contribution in [0.1, 0.15) is 27.9 Å². The molecule has 0 unspecified atom stereocenters. The van der Waals surface area contributed by atoms with Crippen molar-refractivity contribution in [1.29, 1.82) is 0 Å². The minimum atomic E-state index is -4.02. The van der Waals surface area contributed by atoms with E-state index in [0.29, 0.717) is 10.2 Å². The number of anilines is 1. The maximum atomic E-state index is 13.4. The third-order valence-electron chi connectivity index (χ3n) is 5.02.